The lowest BCUT2D eigenvalue weighted by Gasteiger charge is -2.26. The number of nitrogens with zero attached hydrogens (tertiary/aromatic N) is 3. The van der Waals surface area contributed by atoms with Gasteiger partial charge in [0.15, 0.2) is 0 Å². The fraction of sp³-hybridized carbons (Fsp3) is 0.562. The van der Waals surface area contributed by atoms with E-state index in [4.69, 9.17) is 4.42 Å². The third-order valence-corrected chi connectivity index (χ3v) is 4.10. The highest BCUT2D eigenvalue weighted by Crippen LogP contribution is 2.26. The summed E-state index contributed by atoms with van der Waals surface area (Å²) in [5.74, 6) is 2.06. The molecule has 0 spiro atoms. The second-order valence-corrected chi connectivity index (χ2v) is 5.86. The van der Waals surface area contributed by atoms with Crippen molar-refractivity contribution in [2.75, 3.05) is 19.6 Å². The number of rotatable bonds is 6. The first-order valence-electron chi connectivity index (χ1n) is 7.71. The number of furan rings is 1. The van der Waals surface area contributed by atoms with Gasteiger partial charge in [0.1, 0.15) is 11.5 Å². The molecule has 2 aromatic heterocycles. The Hall–Kier alpha value is -1.59. The summed E-state index contributed by atoms with van der Waals surface area (Å²) in [6.45, 7) is 6.09. The third-order valence-electron chi connectivity index (χ3n) is 4.10. The topological polar surface area (TPSA) is 46.2 Å². The van der Waals surface area contributed by atoms with Gasteiger partial charge in [0.2, 0.25) is 0 Å². The number of nitrogens with one attached hydrogen (secondary N) is 1. The van der Waals surface area contributed by atoms with Gasteiger partial charge in [0.25, 0.3) is 0 Å². The van der Waals surface area contributed by atoms with E-state index in [1.807, 2.05) is 24.9 Å². The van der Waals surface area contributed by atoms with Crippen molar-refractivity contribution >= 4 is 0 Å². The smallest absolute Gasteiger partial charge is 0.122 e. The summed E-state index contributed by atoms with van der Waals surface area (Å²) >= 11 is 0. The zero-order chi connectivity index (χ0) is 14.7. The molecule has 1 fully saturated rings. The molecule has 2 aromatic rings. The zero-order valence-electron chi connectivity index (χ0n) is 12.9. The lowest BCUT2D eigenvalue weighted by Crippen LogP contribution is -2.33. The molecule has 1 saturated heterocycles. The molecule has 5 nitrogen and oxygen atoms in total. The summed E-state index contributed by atoms with van der Waals surface area (Å²) in [5, 5.41) is 7.75. The van der Waals surface area contributed by atoms with E-state index < -0.39 is 0 Å². The lowest BCUT2D eigenvalue weighted by atomic mass is 10.2. The van der Waals surface area contributed by atoms with Crippen molar-refractivity contribution in [1.29, 1.82) is 0 Å². The zero-order valence-corrected chi connectivity index (χ0v) is 12.9. The van der Waals surface area contributed by atoms with E-state index in [-0.39, 0.29) is 0 Å². The van der Waals surface area contributed by atoms with Gasteiger partial charge in [0.05, 0.1) is 12.2 Å². The maximum atomic E-state index is 5.87. The van der Waals surface area contributed by atoms with E-state index in [0.717, 1.165) is 24.6 Å². The van der Waals surface area contributed by atoms with Crippen LogP contribution in [0, 0.1) is 6.92 Å². The Labute approximate surface area is 125 Å². The van der Waals surface area contributed by atoms with Crippen molar-refractivity contribution < 1.29 is 4.42 Å². The highest BCUT2D eigenvalue weighted by Gasteiger charge is 2.25. The summed E-state index contributed by atoms with van der Waals surface area (Å²) in [4.78, 5) is 2.52. The maximum absolute atomic E-state index is 5.87. The van der Waals surface area contributed by atoms with Crippen LogP contribution < -0.4 is 5.32 Å². The Morgan fingerprint density at radius 1 is 1.33 bits per heavy atom. The number of hydrogen-bond acceptors (Lipinski definition) is 4. The van der Waals surface area contributed by atoms with Crippen LogP contribution in [0.2, 0.25) is 0 Å². The molecule has 3 heterocycles. The van der Waals surface area contributed by atoms with E-state index in [9.17, 15) is 0 Å². The first kappa shape index (κ1) is 14.4. The minimum Gasteiger partial charge on any atom is -0.465 e. The van der Waals surface area contributed by atoms with Crippen LogP contribution in [-0.2, 0) is 13.6 Å². The second-order valence-electron chi connectivity index (χ2n) is 5.86. The summed E-state index contributed by atoms with van der Waals surface area (Å²) in [5.41, 5.74) is 1.22. The molecule has 1 unspecified atom stereocenters. The molecule has 1 N–H and O–H groups in total. The van der Waals surface area contributed by atoms with Crippen LogP contribution in [0.25, 0.3) is 0 Å². The standard InChI is InChI=1S/C16H24N4O/c1-13-5-6-16(21-13)15(20-7-3-4-8-20)11-17-9-14-10-18-19(2)12-14/h5-6,10,12,15,17H,3-4,7-9,11H2,1-2H3. The summed E-state index contributed by atoms with van der Waals surface area (Å²) in [6.07, 6.45) is 6.54. The Balaban J connectivity index is 1.62. The van der Waals surface area contributed by atoms with Crippen LogP contribution in [0.5, 0.6) is 0 Å². The maximum Gasteiger partial charge on any atom is 0.122 e. The number of aryl methyl sites for hydroxylation is 2. The molecular formula is C16H24N4O. The van der Waals surface area contributed by atoms with Crippen LogP contribution in [0.3, 0.4) is 0 Å². The quantitative estimate of drug-likeness (QED) is 0.885. The average molecular weight is 288 g/mol. The van der Waals surface area contributed by atoms with Gasteiger partial charge in [-0.05, 0) is 45.0 Å². The summed E-state index contributed by atoms with van der Waals surface area (Å²) in [6, 6.07) is 4.50. The predicted octanol–water partition coefficient (Wildman–Crippen LogP) is 2.25. The number of hydrogen-bond donors (Lipinski definition) is 1. The molecule has 0 aliphatic carbocycles. The Kier molecular flexibility index (Phi) is 4.41. The minimum absolute atomic E-state index is 0.331. The van der Waals surface area contributed by atoms with Crippen molar-refractivity contribution in [2.24, 2.45) is 7.05 Å². The van der Waals surface area contributed by atoms with Crippen LogP contribution >= 0.6 is 0 Å². The van der Waals surface area contributed by atoms with Crippen molar-refractivity contribution in [3.05, 3.63) is 41.6 Å². The Bertz CT molecular complexity index is 568. The molecule has 1 aliphatic heterocycles. The van der Waals surface area contributed by atoms with Gasteiger partial charge < -0.3 is 9.73 Å². The molecular weight excluding hydrogens is 264 g/mol. The van der Waals surface area contributed by atoms with E-state index in [2.05, 4.69) is 33.6 Å². The molecule has 21 heavy (non-hydrogen) atoms. The van der Waals surface area contributed by atoms with Crippen LogP contribution in [0.1, 0.15) is 36.0 Å². The van der Waals surface area contributed by atoms with Gasteiger partial charge in [0, 0.05) is 31.9 Å². The highest BCUT2D eigenvalue weighted by atomic mass is 16.3. The van der Waals surface area contributed by atoms with E-state index in [1.165, 1.54) is 31.5 Å². The predicted molar refractivity (Wildman–Crippen MR) is 81.9 cm³/mol. The van der Waals surface area contributed by atoms with Gasteiger partial charge in [-0.25, -0.2) is 0 Å². The minimum atomic E-state index is 0.331. The fourth-order valence-electron chi connectivity index (χ4n) is 3.01. The van der Waals surface area contributed by atoms with Crippen LogP contribution in [0.4, 0.5) is 0 Å². The SMILES string of the molecule is Cc1ccc(C(CNCc2cnn(C)c2)N2CCCC2)o1. The Morgan fingerprint density at radius 3 is 2.76 bits per heavy atom. The van der Waals surface area contributed by atoms with Gasteiger partial charge in [-0.15, -0.1) is 0 Å². The van der Waals surface area contributed by atoms with Gasteiger partial charge in [-0.2, -0.15) is 5.10 Å². The summed E-state index contributed by atoms with van der Waals surface area (Å²) < 4.78 is 7.70. The Morgan fingerprint density at radius 2 is 2.14 bits per heavy atom. The van der Waals surface area contributed by atoms with E-state index >= 15 is 0 Å². The monoisotopic (exact) mass is 288 g/mol. The largest absolute Gasteiger partial charge is 0.465 e. The van der Waals surface area contributed by atoms with Crippen molar-refractivity contribution in [3.8, 4) is 0 Å². The summed E-state index contributed by atoms with van der Waals surface area (Å²) in [7, 11) is 1.95. The normalized spacial score (nSPS) is 17.4. The lowest BCUT2D eigenvalue weighted by molar-refractivity contribution is 0.207. The van der Waals surface area contributed by atoms with Gasteiger partial charge >= 0.3 is 0 Å². The van der Waals surface area contributed by atoms with Crippen molar-refractivity contribution in [1.82, 2.24) is 20.0 Å². The molecule has 1 atom stereocenters. The van der Waals surface area contributed by atoms with E-state index in [1.54, 1.807) is 0 Å². The third kappa shape index (κ3) is 3.54. The average Bonchev–Trinajstić information content (AvgIpc) is 3.17. The van der Waals surface area contributed by atoms with Crippen molar-refractivity contribution in [2.45, 2.75) is 32.4 Å². The number of likely N-dealkylation sites (tertiary alicyclic amines) is 1. The highest BCUT2D eigenvalue weighted by molar-refractivity contribution is 5.11. The first-order chi connectivity index (χ1) is 10.2. The fourth-order valence-corrected chi connectivity index (χ4v) is 3.01. The van der Waals surface area contributed by atoms with Gasteiger partial charge in [-0.1, -0.05) is 0 Å². The first-order valence-corrected chi connectivity index (χ1v) is 7.71. The molecule has 0 aromatic carbocycles. The molecule has 0 amide bonds. The van der Waals surface area contributed by atoms with Crippen molar-refractivity contribution in [3.63, 3.8) is 0 Å². The molecule has 3 rings (SSSR count). The molecule has 0 saturated carbocycles. The van der Waals surface area contributed by atoms with Crippen LogP contribution in [0.15, 0.2) is 28.9 Å². The molecule has 1 aliphatic rings. The van der Waals surface area contributed by atoms with Gasteiger partial charge in [-0.3, -0.25) is 9.58 Å². The molecule has 0 radical (unpaired) electrons. The molecule has 5 heteroatoms. The second kappa shape index (κ2) is 6.45. The molecule has 114 valence electrons. The van der Waals surface area contributed by atoms with Crippen LogP contribution in [-0.4, -0.2) is 34.3 Å². The number of aromatic nitrogens is 2. The van der Waals surface area contributed by atoms with E-state index in [0.29, 0.717) is 6.04 Å². The molecule has 0 bridgehead atoms.